The molecule has 2 aromatic heterocycles. The number of carbonyl (C=O) groups is 1. The van der Waals surface area contributed by atoms with Crippen molar-refractivity contribution in [1.29, 1.82) is 0 Å². The first kappa shape index (κ1) is 15.4. The molecule has 1 aromatic carbocycles. The van der Waals surface area contributed by atoms with Crippen molar-refractivity contribution in [3.05, 3.63) is 42.1 Å². The molecule has 118 valence electrons. The van der Waals surface area contributed by atoms with Gasteiger partial charge in [-0.05, 0) is 23.8 Å². The van der Waals surface area contributed by atoms with Crippen LogP contribution in [0.4, 0.5) is 5.82 Å². The van der Waals surface area contributed by atoms with Crippen LogP contribution in [0, 0.1) is 0 Å². The summed E-state index contributed by atoms with van der Waals surface area (Å²) in [6.07, 6.45) is 2.51. The Morgan fingerprint density at radius 2 is 2.00 bits per heavy atom. The largest absolute Gasteiger partial charge is 0.383 e. The number of anilines is 1. The molecule has 0 atom stereocenters. The lowest BCUT2D eigenvalue weighted by atomic mass is 10.1. The van der Waals surface area contributed by atoms with E-state index in [0.717, 1.165) is 16.7 Å². The molecule has 0 radical (unpaired) electrons. The molecule has 23 heavy (non-hydrogen) atoms. The Morgan fingerprint density at radius 1 is 1.26 bits per heavy atom. The molecule has 1 amide bonds. The van der Waals surface area contributed by atoms with Crippen LogP contribution < -0.4 is 11.5 Å². The second kappa shape index (κ2) is 5.32. The van der Waals surface area contributed by atoms with Crippen LogP contribution in [-0.2, 0) is 9.84 Å². The summed E-state index contributed by atoms with van der Waals surface area (Å²) in [6, 6.07) is 8.39. The number of thiophene rings is 1. The summed E-state index contributed by atoms with van der Waals surface area (Å²) in [5.74, 6) is -0.285. The number of rotatable bonds is 3. The number of pyridine rings is 1. The third kappa shape index (κ3) is 2.78. The highest BCUT2D eigenvalue weighted by atomic mass is 32.2. The van der Waals surface area contributed by atoms with Crippen LogP contribution in [0.15, 0.2) is 41.4 Å². The lowest BCUT2D eigenvalue weighted by Gasteiger charge is -2.01. The van der Waals surface area contributed by atoms with E-state index in [-0.39, 0.29) is 4.90 Å². The van der Waals surface area contributed by atoms with Crippen LogP contribution in [0.25, 0.3) is 20.5 Å². The maximum Gasteiger partial charge on any atom is 0.251 e. The predicted molar refractivity (Wildman–Crippen MR) is 91.1 cm³/mol. The van der Waals surface area contributed by atoms with Gasteiger partial charge in [-0.1, -0.05) is 12.1 Å². The minimum Gasteiger partial charge on any atom is -0.383 e. The molecule has 3 aromatic rings. The van der Waals surface area contributed by atoms with E-state index in [0.29, 0.717) is 21.5 Å². The summed E-state index contributed by atoms with van der Waals surface area (Å²) in [6.45, 7) is 0. The van der Waals surface area contributed by atoms with Gasteiger partial charge >= 0.3 is 0 Å². The first-order valence-corrected chi connectivity index (χ1v) is 9.26. The van der Waals surface area contributed by atoms with Gasteiger partial charge in [-0.25, -0.2) is 13.4 Å². The van der Waals surface area contributed by atoms with Crippen molar-refractivity contribution in [1.82, 2.24) is 4.98 Å². The third-order valence-electron chi connectivity index (χ3n) is 3.40. The maximum atomic E-state index is 11.7. The summed E-state index contributed by atoms with van der Waals surface area (Å²) in [5, 5.41) is 0.631. The quantitative estimate of drug-likeness (QED) is 0.752. The van der Waals surface area contributed by atoms with Crippen LogP contribution in [0.1, 0.15) is 10.4 Å². The molecule has 2 heterocycles. The molecule has 4 N–H and O–H groups in total. The normalized spacial score (nSPS) is 11.7. The zero-order chi connectivity index (χ0) is 16.8. The van der Waals surface area contributed by atoms with E-state index < -0.39 is 15.7 Å². The van der Waals surface area contributed by atoms with E-state index in [9.17, 15) is 13.2 Å². The second-order valence-corrected chi connectivity index (χ2v) is 8.14. The van der Waals surface area contributed by atoms with Crippen LogP contribution in [0.3, 0.4) is 0 Å². The fraction of sp³-hybridized carbons (Fsp3) is 0.0667. The fourth-order valence-corrected chi connectivity index (χ4v) is 4.09. The van der Waals surface area contributed by atoms with E-state index >= 15 is 0 Å². The minimum absolute atomic E-state index is 0.230. The summed E-state index contributed by atoms with van der Waals surface area (Å²) in [4.78, 5) is 16.5. The molecular formula is C15H13N3O3S2. The summed E-state index contributed by atoms with van der Waals surface area (Å²) in [5.41, 5.74) is 12.3. The van der Waals surface area contributed by atoms with Crippen molar-refractivity contribution in [3.63, 3.8) is 0 Å². The standard InChI is InChI=1S/C15H13N3O3S2/c1-23(20,21)9-4-2-3-8(5-9)12-6-10-13(22-12)11(15(17)19)7-18-14(10)16/h2-7H,1H3,(H2,16,18)(H2,17,19). The number of benzene rings is 1. The van der Waals surface area contributed by atoms with E-state index in [4.69, 9.17) is 11.5 Å². The van der Waals surface area contributed by atoms with Crippen LogP contribution in [0.5, 0.6) is 0 Å². The maximum absolute atomic E-state index is 11.7. The predicted octanol–water partition coefficient (Wildman–Crippen LogP) is 2.05. The molecule has 8 heteroatoms. The molecule has 6 nitrogen and oxygen atoms in total. The number of amides is 1. The molecule has 0 spiro atoms. The number of sulfone groups is 1. The lowest BCUT2D eigenvalue weighted by molar-refractivity contribution is 0.100. The van der Waals surface area contributed by atoms with E-state index in [1.807, 2.05) is 0 Å². The van der Waals surface area contributed by atoms with E-state index in [1.165, 1.54) is 23.6 Å². The molecule has 0 aliphatic heterocycles. The van der Waals surface area contributed by atoms with Crippen molar-refractivity contribution in [2.75, 3.05) is 12.0 Å². The molecule has 0 aliphatic carbocycles. The average Bonchev–Trinajstić information content (AvgIpc) is 2.92. The monoisotopic (exact) mass is 347 g/mol. The molecule has 0 unspecified atom stereocenters. The Morgan fingerprint density at radius 3 is 2.65 bits per heavy atom. The molecule has 0 saturated carbocycles. The minimum atomic E-state index is -3.30. The summed E-state index contributed by atoms with van der Waals surface area (Å²) < 4.78 is 24.0. The van der Waals surface area contributed by atoms with Crippen molar-refractivity contribution >= 4 is 43.0 Å². The highest BCUT2D eigenvalue weighted by molar-refractivity contribution is 7.90. The number of nitrogen functional groups attached to an aromatic ring is 1. The Balaban J connectivity index is 2.24. The summed E-state index contributed by atoms with van der Waals surface area (Å²) >= 11 is 1.32. The molecular weight excluding hydrogens is 334 g/mol. The lowest BCUT2D eigenvalue weighted by Crippen LogP contribution is -2.11. The number of fused-ring (bicyclic) bond motifs is 1. The van der Waals surface area contributed by atoms with Crippen LogP contribution in [0.2, 0.25) is 0 Å². The SMILES string of the molecule is CS(=O)(=O)c1cccc(-c2cc3c(N)ncc(C(N)=O)c3s2)c1. The van der Waals surface area contributed by atoms with Gasteiger partial charge in [0.25, 0.3) is 5.91 Å². The van der Waals surface area contributed by atoms with Gasteiger partial charge in [0.05, 0.1) is 15.2 Å². The highest BCUT2D eigenvalue weighted by Gasteiger charge is 2.16. The van der Waals surface area contributed by atoms with Crippen LogP contribution >= 0.6 is 11.3 Å². The van der Waals surface area contributed by atoms with Gasteiger partial charge in [-0.15, -0.1) is 11.3 Å². The zero-order valence-corrected chi connectivity index (χ0v) is 13.7. The second-order valence-electron chi connectivity index (χ2n) is 5.07. The Hall–Kier alpha value is -2.45. The van der Waals surface area contributed by atoms with Crippen molar-refractivity contribution in [3.8, 4) is 10.4 Å². The number of primary amides is 1. The van der Waals surface area contributed by atoms with Gasteiger partial charge in [0.15, 0.2) is 9.84 Å². The van der Waals surface area contributed by atoms with Gasteiger partial charge in [-0.2, -0.15) is 0 Å². The molecule has 0 saturated heterocycles. The number of hydrogen-bond acceptors (Lipinski definition) is 6. The third-order valence-corrected chi connectivity index (χ3v) is 5.73. The molecule has 0 fully saturated rings. The number of nitrogens with zero attached hydrogens (tertiary/aromatic N) is 1. The van der Waals surface area contributed by atoms with Gasteiger partial charge < -0.3 is 11.5 Å². The number of hydrogen-bond donors (Lipinski definition) is 2. The van der Waals surface area contributed by atoms with Crippen LogP contribution in [-0.4, -0.2) is 25.6 Å². The molecule has 0 bridgehead atoms. The van der Waals surface area contributed by atoms with Crippen molar-refractivity contribution in [2.24, 2.45) is 5.73 Å². The average molecular weight is 347 g/mol. The first-order chi connectivity index (χ1) is 10.8. The Labute approximate surface area is 136 Å². The zero-order valence-electron chi connectivity index (χ0n) is 12.1. The number of carbonyl (C=O) groups excluding carboxylic acids is 1. The molecule has 3 rings (SSSR count). The number of nitrogens with two attached hydrogens (primary N) is 2. The Bertz CT molecular complexity index is 1040. The molecule has 0 aliphatic rings. The summed E-state index contributed by atoms with van der Waals surface area (Å²) in [7, 11) is -3.30. The topological polar surface area (TPSA) is 116 Å². The van der Waals surface area contributed by atoms with Gasteiger partial charge in [0.1, 0.15) is 5.82 Å². The van der Waals surface area contributed by atoms with Crippen molar-refractivity contribution in [2.45, 2.75) is 4.90 Å². The number of aromatic nitrogens is 1. The van der Waals surface area contributed by atoms with E-state index in [2.05, 4.69) is 4.98 Å². The van der Waals surface area contributed by atoms with Gasteiger partial charge in [-0.3, -0.25) is 4.79 Å². The first-order valence-electron chi connectivity index (χ1n) is 6.55. The van der Waals surface area contributed by atoms with E-state index in [1.54, 1.807) is 24.3 Å². The fourth-order valence-electron chi connectivity index (χ4n) is 2.24. The smallest absolute Gasteiger partial charge is 0.251 e. The highest BCUT2D eigenvalue weighted by Crippen LogP contribution is 2.37. The van der Waals surface area contributed by atoms with Crippen molar-refractivity contribution < 1.29 is 13.2 Å². The van der Waals surface area contributed by atoms with Gasteiger partial charge in [0, 0.05) is 22.7 Å². The van der Waals surface area contributed by atoms with Gasteiger partial charge in [0.2, 0.25) is 0 Å². The Kier molecular flexibility index (Phi) is 3.57.